The second-order valence-corrected chi connectivity index (χ2v) is 8.65. The number of aryl methyl sites for hydroxylation is 2. The number of aromatic nitrogens is 2. The van der Waals surface area contributed by atoms with Gasteiger partial charge < -0.3 is 24.9 Å². The molecule has 0 radical (unpaired) electrons. The van der Waals surface area contributed by atoms with E-state index in [4.69, 9.17) is 10.00 Å². The summed E-state index contributed by atoms with van der Waals surface area (Å²) in [6.07, 6.45) is 3.83. The summed E-state index contributed by atoms with van der Waals surface area (Å²) in [5.74, 6) is 0.497. The van der Waals surface area contributed by atoms with Gasteiger partial charge in [-0.3, -0.25) is 14.6 Å². The molecule has 2 heterocycles. The van der Waals surface area contributed by atoms with Crippen molar-refractivity contribution in [1.82, 2.24) is 15.3 Å². The fourth-order valence-electron chi connectivity index (χ4n) is 3.26. The first-order chi connectivity index (χ1) is 17.7. The predicted octanol–water partition coefficient (Wildman–Crippen LogP) is 3.15. The van der Waals surface area contributed by atoms with Gasteiger partial charge in [-0.1, -0.05) is 26.0 Å². The van der Waals surface area contributed by atoms with Crippen LogP contribution in [0, 0.1) is 18.3 Å². The van der Waals surface area contributed by atoms with Crippen LogP contribution in [-0.2, 0) is 16.0 Å². The molecule has 9 nitrogen and oxygen atoms in total. The number of methoxy groups -OCH3 is 1. The molecule has 0 aliphatic heterocycles. The molecule has 3 aromatic rings. The van der Waals surface area contributed by atoms with Crippen LogP contribution in [0.5, 0.6) is 5.75 Å². The minimum atomic E-state index is -0.536. The molecular weight excluding hydrogens is 472 g/mol. The standard InChI is InChI=1S/C16H25NO4.C12H9N3O/c1-12(2)17-10-14(18)11-21-15-7-4-13(5-8-15)6-9-16(19)20-3;1-8-11(9-2-4-14-5-3-9)6-10(7-13)12(16)15-8/h4-5,7-8,12,14,17-18H,6,9-11H2,1-3H3;2-6H,1H3,(H,15,16). The topological polar surface area (TPSA) is 137 Å². The number of nitrogens with zero attached hydrogens (tertiary/aromatic N) is 2. The molecule has 1 aromatic carbocycles. The monoisotopic (exact) mass is 506 g/mol. The number of hydrogen-bond donors (Lipinski definition) is 3. The molecule has 0 amide bonds. The second-order valence-electron chi connectivity index (χ2n) is 8.65. The minimum absolute atomic E-state index is 0.123. The van der Waals surface area contributed by atoms with Gasteiger partial charge in [0.15, 0.2) is 0 Å². The number of nitriles is 1. The summed E-state index contributed by atoms with van der Waals surface area (Å²) >= 11 is 0. The van der Waals surface area contributed by atoms with Crippen LogP contribution in [-0.4, -0.2) is 53.5 Å². The molecule has 1 atom stereocenters. The lowest BCUT2D eigenvalue weighted by Crippen LogP contribution is -2.35. The lowest BCUT2D eigenvalue weighted by atomic mass is 10.0. The Kier molecular flexibility index (Phi) is 12.0. The molecule has 0 spiro atoms. The van der Waals surface area contributed by atoms with E-state index in [1.807, 2.05) is 56.3 Å². The summed E-state index contributed by atoms with van der Waals surface area (Å²) in [5.41, 5.74) is 3.35. The summed E-state index contributed by atoms with van der Waals surface area (Å²) in [7, 11) is 1.39. The van der Waals surface area contributed by atoms with E-state index in [0.717, 1.165) is 22.4 Å². The Morgan fingerprint density at radius 2 is 1.86 bits per heavy atom. The molecule has 9 heteroatoms. The molecule has 3 rings (SSSR count). The first-order valence-corrected chi connectivity index (χ1v) is 12.0. The van der Waals surface area contributed by atoms with Crippen LogP contribution in [0.4, 0.5) is 0 Å². The third-order valence-corrected chi connectivity index (χ3v) is 5.32. The lowest BCUT2D eigenvalue weighted by Gasteiger charge is -2.15. The van der Waals surface area contributed by atoms with Crippen molar-refractivity contribution in [1.29, 1.82) is 5.26 Å². The number of rotatable bonds is 10. The number of aliphatic hydroxyl groups excluding tert-OH is 1. The van der Waals surface area contributed by atoms with Crippen LogP contribution >= 0.6 is 0 Å². The van der Waals surface area contributed by atoms with Gasteiger partial charge in [0, 0.05) is 42.7 Å². The van der Waals surface area contributed by atoms with E-state index in [-0.39, 0.29) is 23.7 Å². The lowest BCUT2D eigenvalue weighted by molar-refractivity contribution is -0.140. The van der Waals surface area contributed by atoms with E-state index >= 15 is 0 Å². The molecule has 0 aliphatic rings. The van der Waals surface area contributed by atoms with Crippen LogP contribution in [0.15, 0.2) is 59.7 Å². The molecule has 0 fully saturated rings. The van der Waals surface area contributed by atoms with Gasteiger partial charge >= 0.3 is 5.97 Å². The van der Waals surface area contributed by atoms with Crippen LogP contribution < -0.4 is 15.6 Å². The minimum Gasteiger partial charge on any atom is -0.491 e. The molecule has 0 saturated heterocycles. The molecule has 0 aliphatic carbocycles. The number of H-pyrrole nitrogens is 1. The van der Waals surface area contributed by atoms with Gasteiger partial charge in [-0.25, -0.2) is 0 Å². The van der Waals surface area contributed by atoms with Crippen LogP contribution in [0.2, 0.25) is 0 Å². The number of esters is 1. The van der Waals surface area contributed by atoms with Crippen molar-refractivity contribution in [2.45, 2.75) is 45.8 Å². The quantitative estimate of drug-likeness (QED) is 0.357. The third-order valence-electron chi connectivity index (χ3n) is 5.32. The van der Waals surface area contributed by atoms with Gasteiger partial charge in [0.05, 0.1) is 7.11 Å². The fourth-order valence-corrected chi connectivity index (χ4v) is 3.26. The van der Waals surface area contributed by atoms with Crippen molar-refractivity contribution in [2.24, 2.45) is 0 Å². The molecule has 2 aromatic heterocycles. The number of carbonyl (C=O) groups is 1. The highest BCUT2D eigenvalue weighted by atomic mass is 16.5. The number of benzene rings is 1. The number of aromatic amines is 1. The maximum atomic E-state index is 11.4. The van der Waals surface area contributed by atoms with Crippen LogP contribution in [0.1, 0.15) is 37.1 Å². The van der Waals surface area contributed by atoms with Crippen LogP contribution in [0.25, 0.3) is 11.1 Å². The van der Waals surface area contributed by atoms with E-state index < -0.39 is 6.10 Å². The zero-order chi connectivity index (χ0) is 27.2. The number of nitrogens with one attached hydrogen (secondary N) is 2. The highest BCUT2D eigenvalue weighted by molar-refractivity contribution is 5.69. The van der Waals surface area contributed by atoms with Gasteiger partial charge in [0.1, 0.15) is 30.1 Å². The van der Waals surface area contributed by atoms with Crippen molar-refractivity contribution in [3.63, 3.8) is 0 Å². The Morgan fingerprint density at radius 1 is 1.19 bits per heavy atom. The summed E-state index contributed by atoms with van der Waals surface area (Å²) in [5, 5.41) is 21.7. The Balaban J connectivity index is 0.000000269. The summed E-state index contributed by atoms with van der Waals surface area (Å²) in [4.78, 5) is 29.0. The number of ether oxygens (including phenoxy) is 2. The maximum absolute atomic E-state index is 11.4. The first-order valence-electron chi connectivity index (χ1n) is 12.0. The zero-order valence-corrected chi connectivity index (χ0v) is 21.7. The third kappa shape index (κ3) is 10.3. The molecule has 1 unspecified atom stereocenters. The molecule has 0 bridgehead atoms. The van der Waals surface area contributed by atoms with Gasteiger partial charge in [0.25, 0.3) is 5.56 Å². The Labute approximate surface area is 217 Å². The van der Waals surface area contributed by atoms with Gasteiger partial charge in [-0.2, -0.15) is 5.26 Å². The first kappa shape index (κ1) is 29.2. The van der Waals surface area contributed by atoms with Crippen molar-refractivity contribution in [3.8, 4) is 22.9 Å². The van der Waals surface area contributed by atoms with Crippen LogP contribution in [0.3, 0.4) is 0 Å². The predicted molar refractivity (Wildman–Crippen MR) is 141 cm³/mol. The van der Waals surface area contributed by atoms with E-state index in [9.17, 15) is 14.7 Å². The van der Waals surface area contributed by atoms with Gasteiger partial charge in [-0.05, 0) is 54.8 Å². The molecular formula is C28H34N4O5. The van der Waals surface area contributed by atoms with Crippen molar-refractivity contribution in [3.05, 3.63) is 82.0 Å². The number of pyridine rings is 2. The molecule has 196 valence electrons. The largest absolute Gasteiger partial charge is 0.491 e. The van der Waals surface area contributed by atoms with E-state index in [0.29, 0.717) is 31.2 Å². The fraction of sp³-hybridized carbons (Fsp3) is 0.357. The van der Waals surface area contributed by atoms with E-state index in [2.05, 4.69) is 20.0 Å². The van der Waals surface area contributed by atoms with Crippen molar-refractivity contribution >= 4 is 5.97 Å². The summed E-state index contributed by atoms with van der Waals surface area (Å²) < 4.78 is 10.1. The van der Waals surface area contributed by atoms with Crippen molar-refractivity contribution in [2.75, 3.05) is 20.3 Å². The Hall–Kier alpha value is -4.00. The Morgan fingerprint density at radius 3 is 2.46 bits per heavy atom. The smallest absolute Gasteiger partial charge is 0.305 e. The SMILES string of the molecule is COC(=O)CCc1ccc(OCC(O)CNC(C)C)cc1.Cc1[nH]c(=O)c(C#N)cc1-c1ccncc1. The number of aliphatic hydroxyl groups is 1. The van der Waals surface area contributed by atoms with E-state index in [1.54, 1.807) is 25.4 Å². The average Bonchev–Trinajstić information content (AvgIpc) is 2.91. The summed E-state index contributed by atoms with van der Waals surface area (Å²) in [6.45, 7) is 6.62. The van der Waals surface area contributed by atoms with Gasteiger partial charge in [0.2, 0.25) is 0 Å². The Bertz CT molecular complexity index is 1220. The second kappa shape index (κ2) is 15.2. The maximum Gasteiger partial charge on any atom is 0.305 e. The molecule has 0 saturated carbocycles. The number of hydrogen-bond acceptors (Lipinski definition) is 8. The van der Waals surface area contributed by atoms with Gasteiger partial charge in [-0.15, -0.1) is 0 Å². The number of carbonyl (C=O) groups excluding carboxylic acids is 1. The normalized spacial score (nSPS) is 11.2. The average molecular weight is 507 g/mol. The highest BCUT2D eigenvalue weighted by Gasteiger charge is 2.08. The zero-order valence-electron chi connectivity index (χ0n) is 21.7. The van der Waals surface area contributed by atoms with Crippen molar-refractivity contribution < 1.29 is 19.4 Å². The van der Waals surface area contributed by atoms with E-state index in [1.165, 1.54) is 7.11 Å². The molecule has 3 N–H and O–H groups in total. The highest BCUT2D eigenvalue weighted by Crippen LogP contribution is 2.20. The summed E-state index contributed by atoms with van der Waals surface area (Å²) in [6, 6.07) is 15.0. The molecule has 37 heavy (non-hydrogen) atoms.